The van der Waals surface area contributed by atoms with E-state index in [1.807, 2.05) is 34.9 Å². The first-order chi connectivity index (χ1) is 10.7. The molecule has 1 saturated heterocycles. The van der Waals surface area contributed by atoms with Crippen LogP contribution in [0.1, 0.15) is 37.7 Å². The highest BCUT2D eigenvalue weighted by Gasteiger charge is 2.46. The van der Waals surface area contributed by atoms with Gasteiger partial charge in [-0.3, -0.25) is 9.59 Å². The molecule has 0 aromatic heterocycles. The van der Waals surface area contributed by atoms with Crippen LogP contribution in [0, 0.1) is 5.92 Å². The highest BCUT2D eigenvalue weighted by molar-refractivity contribution is 5.83. The van der Waals surface area contributed by atoms with E-state index in [9.17, 15) is 9.59 Å². The third-order valence-electron chi connectivity index (χ3n) is 4.74. The van der Waals surface area contributed by atoms with Gasteiger partial charge in [0.15, 0.2) is 0 Å². The van der Waals surface area contributed by atoms with Gasteiger partial charge >= 0.3 is 0 Å². The number of hydrogen-bond acceptors (Lipinski definition) is 2. The Balaban J connectivity index is 1.50. The number of rotatable bonds is 4. The summed E-state index contributed by atoms with van der Waals surface area (Å²) in [7, 11) is 0. The van der Waals surface area contributed by atoms with Crippen molar-refractivity contribution in [2.24, 2.45) is 5.92 Å². The molecule has 1 aliphatic heterocycles. The van der Waals surface area contributed by atoms with Crippen LogP contribution in [0.15, 0.2) is 30.3 Å². The molecule has 3 rings (SSSR count). The van der Waals surface area contributed by atoms with Gasteiger partial charge in [0.05, 0.1) is 0 Å². The minimum Gasteiger partial charge on any atom is -0.339 e. The van der Waals surface area contributed by atoms with E-state index < -0.39 is 0 Å². The second-order valence-electron chi connectivity index (χ2n) is 6.32. The lowest BCUT2D eigenvalue weighted by atomic mass is 10.1. The number of carbonyl (C=O) groups is 2. The Kier molecular flexibility index (Phi) is 4.46. The average molecular weight is 300 g/mol. The Hall–Kier alpha value is -1.84. The van der Waals surface area contributed by atoms with E-state index in [2.05, 4.69) is 12.1 Å². The van der Waals surface area contributed by atoms with Gasteiger partial charge in [0.25, 0.3) is 0 Å². The molecule has 2 fully saturated rings. The molecule has 22 heavy (non-hydrogen) atoms. The lowest BCUT2D eigenvalue weighted by Gasteiger charge is -2.35. The predicted octanol–water partition coefficient (Wildman–Crippen LogP) is 2.26. The zero-order valence-electron chi connectivity index (χ0n) is 13.2. The van der Waals surface area contributed by atoms with Crippen LogP contribution in [-0.4, -0.2) is 47.8 Å². The molecule has 1 aromatic carbocycles. The van der Waals surface area contributed by atoms with Gasteiger partial charge in [0.1, 0.15) is 0 Å². The molecule has 2 unspecified atom stereocenters. The smallest absolute Gasteiger partial charge is 0.226 e. The van der Waals surface area contributed by atoms with Crippen LogP contribution in [-0.2, 0) is 9.59 Å². The number of amides is 2. The van der Waals surface area contributed by atoms with Gasteiger partial charge in [0.2, 0.25) is 11.8 Å². The van der Waals surface area contributed by atoms with Crippen molar-refractivity contribution in [3.8, 4) is 0 Å². The molecule has 2 aliphatic rings. The third kappa shape index (κ3) is 3.16. The van der Waals surface area contributed by atoms with Crippen LogP contribution in [0.5, 0.6) is 0 Å². The molecule has 2 atom stereocenters. The van der Waals surface area contributed by atoms with Crippen molar-refractivity contribution < 1.29 is 9.59 Å². The van der Waals surface area contributed by atoms with Gasteiger partial charge in [-0.05, 0) is 24.3 Å². The summed E-state index contributed by atoms with van der Waals surface area (Å²) in [6.07, 6.45) is 2.48. The minimum atomic E-state index is 0.153. The van der Waals surface area contributed by atoms with Crippen molar-refractivity contribution in [2.75, 3.05) is 26.2 Å². The van der Waals surface area contributed by atoms with Gasteiger partial charge in [-0.2, -0.15) is 0 Å². The first-order valence-electron chi connectivity index (χ1n) is 8.32. The molecule has 118 valence electrons. The van der Waals surface area contributed by atoms with Gasteiger partial charge in [-0.25, -0.2) is 0 Å². The first kappa shape index (κ1) is 15.1. The summed E-state index contributed by atoms with van der Waals surface area (Å²) in [5.74, 6) is 1.05. The summed E-state index contributed by atoms with van der Waals surface area (Å²) in [4.78, 5) is 28.3. The summed E-state index contributed by atoms with van der Waals surface area (Å²) in [5, 5.41) is 0. The van der Waals surface area contributed by atoms with Crippen LogP contribution in [0.2, 0.25) is 0 Å². The van der Waals surface area contributed by atoms with E-state index in [0.717, 1.165) is 12.8 Å². The zero-order valence-corrected chi connectivity index (χ0v) is 13.2. The van der Waals surface area contributed by atoms with Gasteiger partial charge in [-0.1, -0.05) is 37.3 Å². The van der Waals surface area contributed by atoms with E-state index in [4.69, 9.17) is 0 Å². The fourth-order valence-corrected chi connectivity index (χ4v) is 3.32. The lowest BCUT2D eigenvalue weighted by Crippen LogP contribution is -2.51. The number of benzene rings is 1. The fourth-order valence-electron chi connectivity index (χ4n) is 3.32. The molecule has 0 spiro atoms. The predicted molar refractivity (Wildman–Crippen MR) is 85.4 cm³/mol. The molecule has 4 nitrogen and oxygen atoms in total. The largest absolute Gasteiger partial charge is 0.339 e. The molecule has 1 saturated carbocycles. The van der Waals surface area contributed by atoms with Crippen LogP contribution >= 0.6 is 0 Å². The van der Waals surface area contributed by atoms with Crippen molar-refractivity contribution in [2.45, 2.75) is 32.1 Å². The topological polar surface area (TPSA) is 40.6 Å². The zero-order chi connectivity index (χ0) is 15.5. The van der Waals surface area contributed by atoms with Crippen LogP contribution in [0.3, 0.4) is 0 Å². The molecule has 1 heterocycles. The van der Waals surface area contributed by atoms with Crippen molar-refractivity contribution in [3.63, 3.8) is 0 Å². The maximum atomic E-state index is 12.6. The second kappa shape index (κ2) is 6.51. The van der Waals surface area contributed by atoms with Crippen LogP contribution in [0.25, 0.3) is 0 Å². The van der Waals surface area contributed by atoms with Gasteiger partial charge in [-0.15, -0.1) is 0 Å². The fraction of sp³-hybridized carbons (Fsp3) is 0.556. The Morgan fingerprint density at radius 2 is 1.68 bits per heavy atom. The Morgan fingerprint density at radius 3 is 2.32 bits per heavy atom. The monoisotopic (exact) mass is 300 g/mol. The van der Waals surface area contributed by atoms with Crippen molar-refractivity contribution in [3.05, 3.63) is 35.9 Å². The summed E-state index contributed by atoms with van der Waals surface area (Å²) >= 11 is 0. The SMILES string of the molecule is CCCC(=O)N1CCN(C(=O)C2CC2c2ccccc2)CC1. The van der Waals surface area contributed by atoms with E-state index in [1.54, 1.807) is 0 Å². The normalized spacial score (nSPS) is 24.2. The Labute approximate surface area is 132 Å². The van der Waals surface area contributed by atoms with Gasteiger partial charge in [0, 0.05) is 38.5 Å². The number of hydrogen-bond donors (Lipinski definition) is 0. The summed E-state index contributed by atoms with van der Waals surface area (Å²) in [6.45, 7) is 4.77. The van der Waals surface area contributed by atoms with Crippen molar-refractivity contribution >= 4 is 11.8 Å². The standard InChI is InChI=1S/C18H24N2O2/c1-2-6-17(21)19-9-11-20(12-10-19)18(22)16-13-15(16)14-7-4-3-5-8-14/h3-5,7-8,15-16H,2,6,9-13H2,1H3. The van der Waals surface area contributed by atoms with Crippen molar-refractivity contribution in [1.82, 2.24) is 9.80 Å². The van der Waals surface area contributed by atoms with E-state index in [0.29, 0.717) is 38.5 Å². The summed E-state index contributed by atoms with van der Waals surface area (Å²) in [5.41, 5.74) is 1.28. The number of carbonyl (C=O) groups excluding carboxylic acids is 2. The van der Waals surface area contributed by atoms with E-state index in [1.165, 1.54) is 5.56 Å². The highest BCUT2D eigenvalue weighted by atomic mass is 16.2. The van der Waals surface area contributed by atoms with Gasteiger partial charge < -0.3 is 9.80 Å². The van der Waals surface area contributed by atoms with E-state index >= 15 is 0 Å². The van der Waals surface area contributed by atoms with Crippen LogP contribution in [0.4, 0.5) is 0 Å². The molecule has 0 N–H and O–H groups in total. The lowest BCUT2D eigenvalue weighted by molar-refractivity contribution is -0.140. The molecular weight excluding hydrogens is 276 g/mol. The molecule has 1 aromatic rings. The second-order valence-corrected chi connectivity index (χ2v) is 6.32. The Bertz CT molecular complexity index is 535. The molecule has 1 aliphatic carbocycles. The summed E-state index contributed by atoms with van der Waals surface area (Å²) < 4.78 is 0. The molecule has 0 bridgehead atoms. The average Bonchev–Trinajstić information content (AvgIpc) is 3.36. The molecule has 0 radical (unpaired) electrons. The molecule has 2 amide bonds. The van der Waals surface area contributed by atoms with Crippen molar-refractivity contribution in [1.29, 1.82) is 0 Å². The first-order valence-corrected chi connectivity index (χ1v) is 8.32. The highest BCUT2D eigenvalue weighted by Crippen LogP contribution is 2.48. The Morgan fingerprint density at radius 1 is 1.05 bits per heavy atom. The molecular formula is C18H24N2O2. The maximum Gasteiger partial charge on any atom is 0.226 e. The number of nitrogens with zero attached hydrogens (tertiary/aromatic N) is 2. The number of piperazine rings is 1. The van der Waals surface area contributed by atoms with E-state index in [-0.39, 0.29) is 17.7 Å². The van der Waals surface area contributed by atoms with Crippen LogP contribution < -0.4 is 0 Å². The third-order valence-corrected chi connectivity index (χ3v) is 4.74. The quantitative estimate of drug-likeness (QED) is 0.856. The minimum absolute atomic E-state index is 0.153. The maximum absolute atomic E-state index is 12.6. The summed E-state index contributed by atoms with van der Waals surface area (Å²) in [6, 6.07) is 10.3. The molecule has 4 heteroatoms.